The molecule has 1 aromatic rings. The van der Waals surface area contributed by atoms with Crippen LogP contribution in [0.5, 0.6) is 5.88 Å². The predicted octanol–water partition coefficient (Wildman–Crippen LogP) is 2.02. The minimum Gasteiger partial charge on any atom is -0.478 e. The number of ether oxygens (including phenoxy) is 2. The Balaban J connectivity index is 2.61. The van der Waals surface area contributed by atoms with E-state index in [1.165, 1.54) is 6.33 Å². The first kappa shape index (κ1) is 13.7. The lowest BCUT2D eigenvalue weighted by atomic mass is 10.3. The molecule has 1 rings (SSSR count). The van der Waals surface area contributed by atoms with Gasteiger partial charge >= 0.3 is 0 Å². The Morgan fingerprint density at radius 1 is 1.29 bits per heavy atom. The summed E-state index contributed by atoms with van der Waals surface area (Å²) in [6.07, 6.45) is 1.66. The predicted molar refractivity (Wildman–Crippen MR) is 67.5 cm³/mol. The van der Waals surface area contributed by atoms with Gasteiger partial charge in [0.2, 0.25) is 5.88 Å². The molecular formula is C12H21N3O2. The first-order valence-corrected chi connectivity index (χ1v) is 5.98. The molecule has 0 aliphatic rings. The topological polar surface area (TPSA) is 56.3 Å². The van der Waals surface area contributed by atoms with Crippen molar-refractivity contribution in [3.63, 3.8) is 0 Å². The van der Waals surface area contributed by atoms with Gasteiger partial charge in [0.05, 0.1) is 18.3 Å². The van der Waals surface area contributed by atoms with Gasteiger partial charge in [0, 0.05) is 13.2 Å². The van der Waals surface area contributed by atoms with Crippen LogP contribution in [-0.2, 0) is 4.74 Å². The Morgan fingerprint density at radius 3 is 2.71 bits per heavy atom. The maximum atomic E-state index is 5.44. The summed E-state index contributed by atoms with van der Waals surface area (Å²) in [4.78, 5) is 8.28. The maximum absolute atomic E-state index is 5.44. The molecule has 5 nitrogen and oxygen atoms in total. The van der Waals surface area contributed by atoms with Gasteiger partial charge in [-0.2, -0.15) is 0 Å². The van der Waals surface area contributed by atoms with Crippen molar-refractivity contribution in [1.29, 1.82) is 0 Å². The zero-order valence-corrected chi connectivity index (χ0v) is 11.0. The molecule has 0 saturated heterocycles. The molecule has 0 saturated carbocycles. The van der Waals surface area contributed by atoms with E-state index < -0.39 is 0 Å². The summed E-state index contributed by atoms with van der Waals surface area (Å²) in [6, 6.07) is 0. The van der Waals surface area contributed by atoms with Gasteiger partial charge in [-0.3, -0.25) is 0 Å². The summed E-state index contributed by atoms with van der Waals surface area (Å²) in [6.45, 7) is 9.93. The zero-order chi connectivity index (χ0) is 12.7. The highest BCUT2D eigenvalue weighted by atomic mass is 16.5. The quantitative estimate of drug-likeness (QED) is 0.789. The number of nitrogens with one attached hydrogen (secondary N) is 1. The van der Waals surface area contributed by atoms with E-state index >= 15 is 0 Å². The summed E-state index contributed by atoms with van der Waals surface area (Å²) in [5, 5.41) is 3.24. The fourth-order valence-corrected chi connectivity index (χ4v) is 1.48. The Labute approximate surface area is 103 Å². The van der Waals surface area contributed by atoms with Gasteiger partial charge < -0.3 is 14.8 Å². The molecule has 0 bridgehead atoms. The number of rotatable bonds is 7. The van der Waals surface area contributed by atoms with Crippen molar-refractivity contribution in [2.45, 2.75) is 33.8 Å². The van der Waals surface area contributed by atoms with Crippen LogP contribution in [-0.4, -0.2) is 35.8 Å². The molecule has 0 fully saturated rings. The highest BCUT2D eigenvalue weighted by molar-refractivity contribution is 5.47. The van der Waals surface area contributed by atoms with E-state index in [2.05, 4.69) is 15.3 Å². The summed E-state index contributed by atoms with van der Waals surface area (Å²) >= 11 is 0. The van der Waals surface area contributed by atoms with Crippen molar-refractivity contribution in [3.05, 3.63) is 11.9 Å². The highest BCUT2D eigenvalue weighted by Gasteiger charge is 2.08. The second kappa shape index (κ2) is 7.06. The van der Waals surface area contributed by atoms with Crippen molar-refractivity contribution >= 4 is 5.82 Å². The van der Waals surface area contributed by atoms with Gasteiger partial charge in [0.25, 0.3) is 0 Å². The van der Waals surface area contributed by atoms with Crippen molar-refractivity contribution in [3.8, 4) is 5.88 Å². The molecule has 17 heavy (non-hydrogen) atoms. The molecule has 0 spiro atoms. The number of aromatic nitrogens is 2. The molecule has 0 radical (unpaired) electrons. The van der Waals surface area contributed by atoms with Crippen molar-refractivity contribution < 1.29 is 9.47 Å². The minimum atomic E-state index is 0.157. The molecule has 0 aliphatic heterocycles. The summed E-state index contributed by atoms with van der Waals surface area (Å²) in [5.74, 6) is 1.43. The van der Waals surface area contributed by atoms with E-state index in [4.69, 9.17) is 9.47 Å². The van der Waals surface area contributed by atoms with Crippen LogP contribution in [0.3, 0.4) is 0 Å². The van der Waals surface area contributed by atoms with Crippen LogP contribution in [0.4, 0.5) is 5.82 Å². The average Bonchev–Trinajstić information content (AvgIpc) is 2.31. The molecule has 0 amide bonds. The van der Waals surface area contributed by atoms with E-state index in [1.54, 1.807) is 0 Å². The molecule has 96 valence electrons. The Hall–Kier alpha value is -1.36. The Bertz CT molecular complexity index is 345. The second-order valence-corrected chi connectivity index (χ2v) is 3.73. The Morgan fingerprint density at radius 2 is 2.06 bits per heavy atom. The largest absolute Gasteiger partial charge is 0.478 e. The first-order valence-electron chi connectivity index (χ1n) is 5.98. The third-order valence-corrected chi connectivity index (χ3v) is 2.33. The van der Waals surface area contributed by atoms with Crippen LogP contribution >= 0.6 is 0 Å². The fourth-order valence-electron chi connectivity index (χ4n) is 1.48. The third-order valence-electron chi connectivity index (χ3n) is 2.33. The summed E-state index contributed by atoms with van der Waals surface area (Å²) in [7, 11) is 0. The normalized spacial score (nSPS) is 12.2. The van der Waals surface area contributed by atoms with E-state index in [9.17, 15) is 0 Å². The minimum absolute atomic E-state index is 0.157. The molecule has 1 unspecified atom stereocenters. The molecule has 5 heteroatoms. The summed E-state index contributed by atoms with van der Waals surface area (Å²) in [5.41, 5.74) is 0.929. The summed E-state index contributed by atoms with van der Waals surface area (Å²) < 4.78 is 10.9. The van der Waals surface area contributed by atoms with Crippen LogP contribution in [0, 0.1) is 6.92 Å². The average molecular weight is 239 g/mol. The van der Waals surface area contributed by atoms with Gasteiger partial charge in [-0.1, -0.05) is 0 Å². The lowest BCUT2D eigenvalue weighted by Crippen LogP contribution is -2.20. The maximum Gasteiger partial charge on any atom is 0.221 e. The van der Waals surface area contributed by atoms with E-state index in [0.29, 0.717) is 12.5 Å². The number of hydrogen-bond donors (Lipinski definition) is 1. The van der Waals surface area contributed by atoms with Crippen LogP contribution in [0.1, 0.15) is 26.3 Å². The highest BCUT2D eigenvalue weighted by Crippen LogP contribution is 2.20. The van der Waals surface area contributed by atoms with Gasteiger partial charge in [0.1, 0.15) is 12.1 Å². The number of nitrogens with zero attached hydrogens (tertiary/aromatic N) is 2. The van der Waals surface area contributed by atoms with Crippen molar-refractivity contribution in [2.75, 3.05) is 25.1 Å². The lowest BCUT2D eigenvalue weighted by Gasteiger charge is -2.15. The lowest BCUT2D eigenvalue weighted by molar-refractivity contribution is 0.0854. The molecular weight excluding hydrogens is 218 g/mol. The van der Waals surface area contributed by atoms with Crippen LogP contribution in [0.15, 0.2) is 6.33 Å². The third kappa shape index (κ3) is 4.19. The van der Waals surface area contributed by atoms with E-state index in [0.717, 1.165) is 24.5 Å². The van der Waals surface area contributed by atoms with Gasteiger partial charge in [0.15, 0.2) is 0 Å². The van der Waals surface area contributed by atoms with Crippen molar-refractivity contribution in [2.24, 2.45) is 0 Å². The zero-order valence-electron chi connectivity index (χ0n) is 11.0. The number of anilines is 1. The van der Waals surface area contributed by atoms with Gasteiger partial charge in [-0.25, -0.2) is 9.97 Å². The SMILES string of the molecule is CCOc1ncnc(NCC(C)OCC)c1C. The monoisotopic (exact) mass is 239 g/mol. The van der Waals surface area contributed by atoms with E-state index in [1.807, 2.05) is 27.7 Å². The smallest absolute Gasteiger partial charge is 0.221 e. The molecule has 1 aromatic heterocycles. The molecule has 1 N–H and O–H groups in total. The van der Waals surface area contributed by atoms with Gasteiger partial charge in [-0.05, 0) is 27.7 Å². The second-order valence-electron chi connectivity index (χ2n) is 3.73. The van der Waals surface area contributed by atoms with Crippen LogP contribution < -0.4 is 10.1 Å². The molecule has 0 aliphatic carbocycles. The van der Waals surface area contributed by atoms with Crippen LogP contribution in [0.25, 0.3) is 0 Å². The molecule has 1 heterocycles. The Kier molecular flexibility index (Phi) is 5.69. The molecule has 0 aromatic carbocycles. The first-order chi connectivity index (χ1) is 8.19. The standard InChI is InChI=1S/C12H21N3O2/c1-5-16-9(3)7-13-11-10(4)12(17-6-2)15-8-14-11/h8-9H,5-7H2,1-4H3,(H,13,14,15). The van der Waals surface area contributed by atoms with Crippen molar-refractivity contribution in [1.82, 2.24) is 9.97 Å². The fraction of sp³-hybridized carbons (Fsp3) is 0.667. The number of hydrogen-bond acceptors (Lipinski definition) is 5. The van der Waals surface area contributed by atoms with E-state index in [-0.39, 0.29) is 6.10 Å². The van der Waals surface area contributed by atoms with Gasteiger partial charge in [-0.15, -0.1) is 0 Å². The van der Waals surface area contributed by atoms with Crippen LogP contribution in [0.2, 0.25) is 0 Å². The molecule has 1 atom stereocenters.